The van der Waals surface area contributed by atoms with Crippen molar-refractivity contribution in [3.8, 4) is 0 Å². The zero-order valence-electron chi connectivity index (χ0n) is 17.9. The van der Waals surface area contributed by atoms with Crippen LogP contribution in [0.5, 0.6) is 0 Å². The van der Waals surface area contributed by atoms with Crippen LogP contribution in [0.25, 0.3) is 5.57 Å². The summed E-state index contributed by atoms with van der Waals surface area (Å²) in [6.45, 7) is 1.31. The first-order valence-corrected chi connectivity index (χ1v) is 12.5. The highest BCUT2D eigenvalue weighted by molar-refractivity contribution is 9.10. The predicted octanol–water partition coefficient (Wildman–Crippen LogP) is 7.38. The van der Waals surface area contributed by atoms with Gasteiger partial charge in [-0.2, -0.15) is 0 Å². The van der Waals surface area contributed by atoms with E-state index in [4.69, 9.17) is 28.2 Å². The number of halogens is 3. The Kier molecular flexibility index (Phi) is 6.46. The number of nitrogens with one attached hydrogen (secondary N) is 1. The van der Waals surface area contributed by atoms with Gasteiger partial charge in [-0.05, 0) is 82.6 Å². The normalized spacial score (nSPS) is 15.5. The van der Waals surface area contributed by atoms with Crippen molar-refractivity contribution in [2.45, 2.75) is 25.7 Å². The third-order valence-corrected chi connectivity index (χ3v) is 7.81. The third kappa shape index (κ3) is 4.54. The monoisotopic (exact) mass is 541 g/mol. The van der Waals surface area contributed by atoms with Gasteiger partial charge in [0, 0.05) is 35.6 Å². The standard InChI is InChI=1S/C26H22BrCl2N3O/c27-22-15-30-25-21(24(22)29)8-6-17-14-18(28)7-9-20(17)23(25)16-10-12-32(13-11-16)26(33)31-19-4-2-1-3-5-19/h1-5,7,9,14-15H,6,8,10-13H2,(H,31,33). The van der Waals surface area contributed by atoms with E-state index >= 15 is 0 Å². The number of rotatable bonds is 1. The second-order valence-corrected chi connectivity index (χ2v) is 9.98. The van der Waals surface area contributed by atoms with Gasteiger partial charge in [-0.25, -0.2) is 4.79 Å². The number of piperidine rings is 1. The van der Waals surface area contributed by atoms with Crippen LogP contribution < -0.4 is 5.32 Å². The van der Waals surface area contributed by atoms with E-state index in [9.17, 15) is 4.79 Å². The Hall–Kier alpha value is -2.34. The largest absolute Gasteiger partial charge is 0.324 e. The van der Waals surface area contributed by atoms with Crippen LogP contribution in [0.1, 0.15) is 35.2 Å². The SMILES string of the molecule is O=C(Nc1ccccc1)N1CCC(=C2c3ccc(Cl)cc3CCc3c2ncc(Br)c3Cl)CC1. The number of aryl methyl sites for hydroxylation is 1. The Morgan fingerprint density at radius 1 is 1.00 bits per heavy atom. The molecule has 0 spiro atoms. The highest BCUT2D eigenvalue weighted by Crippen LogP contribution is 2.41. The first kappa shape index (κ1) is 22.5. The number of fused-ring (bicyclic) bond motifs is 2. The molecule has 168 valence electrons. The zero-order valence-corrected chi connectivity index (χ0v) is 21.0. The number of nitrogens with zero attached hydrogens (tertiary/aromatic N) is 2. The number of para-hydroxylation sites is 1. The first-order valence-electron chi connectivity index (χ1n) is 11.0. The van der Waals surface area contributed by atoms with Gasteiger partial charge in [-0.3, -0.25) is 4.98 Å². The number of carbonyl (C=O) groups excluding carboxylic acids is 1. The van der Waals surface area contributed by atoms with Crippen LogP contribution in [0.2, 0.25) is 10.0 Å². The lowest BCUT2D eigenvalue weighted by molar-refractivity contribution is 0.207. The second kappa shape index (κ2) is 9.49. The van der Waals surface area contributed by atoms with Crippen molar-refractivity contribution in [1.29, 1.82) is 0 Å². The molecule has 33 heavy (non-hydrogen) atoms. The molecular weight excluding hydrogens is 521 g/mol. The molecule has 2 aliphatic rings. The van der Waals surface area contributed by atoms with Gasteiger partial charge in [-0.1, -0.05) is 53.0 Å². The Labute approximate surface area is 211 Å². The number of pyridine rings is 1. The molecule has 2 heterocycles. The van der Waals surface area contributed by atoms with Crippen LogP contribution in [0, 0.1) is 0 Å². The number of likely N-dealkylation sites (tertiary alicyclic amines) is 1. The van der Waals surface area contributed by atoms with E-state index in [2.05, 4.69) is 33.4 Å². The Morgan fingerprint density at radius 3 is 2.52 bits per heavy atom. The summed E-state index contributed by atoms with van der Waals surface area (Å²) in [4.78, 5) is 19.5. The highest BCUT2D eigenvalue weighted by Gasteiger charge is 2.28. The lowest BCUT2D eigenvalue weighted by atomic mass is 9.88. The zero-order chi connectivity index (χ0) is 22.9. The quantitative estimate of drug-likeness (QED) is 0.348. The molecule has 1 N–H and O–H groups in total. The van der Waals surface area contributed by atoms with Crippen molar-refractivity contribution in [2.75, 3.05) is 18.4 Å². The van der Waals surface area contributed by atoms with Crippen LogP contribution in [0.3, 0.4) is 0 Å². The number of amides is 2. The smallest absolute Gasteiger partial charge is 0.321 e. The fraction of sp³-hybridized carbons (Fsp3) is 0.231. The second-order valence-electron chi connectivity index (χ2n) is 8.31. The third-order valence-electron chi connectivity index (χ3n) is 6.32. The molecule has 0 radical (unpaired) electrons. The van der Waals surface area contributed by atoms with Crippen LogP contribution >= 0.6 is 39.1 Å². The molecule has 4 nitrogen and oxygen atoms in total. The van der Waals surface area contributed by atoms with E-state index in [0.29, 0.717) is 13.1 Å². The molecule has 1 aliphatic heterocycles. The minimum Gasteiger partial charge on any atom is -0.324 e. The maximum atomic E-state index is 12.8. The molecule has 7 heteroatoms. The average Bonchev–Trinajstić information content (AvgIpc) is 2.99. The van der Waals surface area contributed by atoms with E-state index in [1.54, 1.807) is 6.20 Å². The molecule has 2 amide bonds. The van der Waals surface area contributed by atoms with Crippen molar-refractivity contribution in [2.24, 2.45) is 0 Å². The van der Waals surface area contributed by atoms with Crippen LogP contribution in [-0.2, 0) is 12.8 Å². The molecule has 0 atom stereocenters. The highest BCUT2D eigenvalue weighted by atomic mass is 79.9. The number of anilines is 1. The fourth-order valence-corrected chi connectivity index (χ4v) is 5.43. The number of urea groups is 1. The van der Waals surface area contributed by atoms with Crippen molar-refractivity contribution < 1.29 is 4.79 Å². The van der Waals surface area contributed by atoms with E-state index < -0.39 is 0 Å². The van der Waals surface area contributed by atoms with E-state index in [1.807, 2.05) is 41.3 Å². The summed E-state index contributed by atoms with van der Waals surface area (Å²) in [6.07, 6.45) is 5.01. The van der Waals surface area contributed by atoms with Crippen molar-refractivity contribution in [3.63, 3.8) is 0 Å². The summed E-state index contributed by atoms with van der Waals surface area (Å²) >= 11 is 16.6. The molecule has 0 unspecified atom stereocenters. The molecular formula is C26H22BrCl2N3O. The van der Waals surface area contributed by atoms with Gasteiger partial charge in [0.05, 0.1) is 15.2 Å². The van der Waals surface area contributed by atoms with Gasteiger partial charge >= 0.3 is 6.03 Å². The topological polar surface area (TPSA) is 45.2 Å². The molecule has 1 aromatic heterocycles. The summed E-state index contributed by atoms with van der Waals surface area (Å²) in [5.41, 5.74) is 7.63. The lowest BCUT2D eigenvalue weighted by Crippen LogP contribution is -2.39. The summed E-state index contributed by atoms with van der Waals surface area (Å²) < 4.78 is 0.809. The summed E-state index contributed by atoms with van der Waals surface area (Å²) in [7, 11) is 0. The number of aromatic nitrogens is 1. The Balaban J connectivity index is 1.49. The molecule has 5 rings (SSSR count). The van der Waals surface area contributed by atoms with Gasteiger partial charge < -0.3 is 10.2 Å². The molecule has 1 saturated heterocycles. The van der Waals surface area contributed by atoms with E-state index in [-0.39, 0.29) is 6.03 Å². The molecule has 0 saturated carbocycles. The van der Waals surface area contributed by atoms with E-state index in [0.717, 1.165) is 62.7 Å². The molecule has 1 aliphatic carbocycles. The maximum Gasteiger partial charge on any atom is 0.321 e. The summed E-state index contributed by atoms with van der Waals surface area (Å²) in [5, 5.41) is 4.44. The average molecular weight is 543 g/mol. The van der Waals surface area contributed by atoms with Crippen LogP contribution in [-0.4, -0.2) is 29.0 Å². The van der Waals surface area contributed by atoms with Crippen molar-refractivity contribution in [1.82, 2.24) is 9.88 Å². The minimum atomic E-state index is -0.0659. The van der Waals surface area contributed by atoms with E-state index in [1.165, 1.54) is 16.7 Å². The lowest BCUT2D eigenvalue weighted by Gasteiger charge is -2.30. The molecule has 2 aromatic carbocycles. The Bertz CT molecular complexity index is 1250. The van der Waals surface area contributed by atoms with Crippen LogP contribution in [0.4, 0.5) is 10.5 Å². The van der Waals surface area contributed by atoms with Gasteiger partial charge in [0.25, 0.3) is 0 Å². The summed E-state index contributed by atoms with van der Waals surface area (Å²) in [5.74, 6) is 0. The van der Waals surface area contributed by atoms with Gasteiger partial charge in [0.2, 0.25) is 0 Å². The van der Waals surface area contributed by atoms with Gasteiger partial charge in [0.15, 0.2) is 0 Å². The van der Waals surface area contributed by atoms with Gasteiger partial charge in [-0.15, -0.1) is 0 Å². The molecule has 1 fully saturated rings. The number of hydrogen-bond acceptors (Lipinski definition) is 2. The van der Waals surface area contributed by atoms with Crippen molar-refractivity contribution >= 4 is 56.4 Å². The van der Waals surface area contributed by atoms with Gasteiger partial charge in [0.1, 0.15) is 0 Å². The maximum absolute atomic E-state index is 12.8. The molecule has 3 aromatic rings. The van der Waals surface area contributed by atoms with Crippen LogP contribution in [0.15, 0.2) is 64.8 Å². The number of carbonyl (C=O) groups is 1. The number of benzene rings is 2. The predicted molar refractivity (Wildman–Crippen MR) is 138 cm³/mol. The first-order chi connectivity index (χ1) is 16.0. The Morgan fingerprint density at radius 2 is 1.76 bits per heavy atom. The summed E-state index contributed by atoms with van der Waals surface area (Å²) in [6, 6.07) is 15.6. The number of hydrogen-bond donors (Lipinski definition) is 1. The molecule has 0 bridgehead atoms. The van der Waals surface area contributed by atoms with Crippen molar-refractivity contribution in [3.05, 3.63) is 97.2 Å². The fourth-order valence-electron chi connectivity index (χ4n) is 4.66. The minimum absolute atomic E-state index is 0.0659.